The Morgan fingerprint density at radius 3 is 2.42 bits per heavy atom. The first-order chi connectivity index (χ1) is 9.43. The van der Waals surface area contributed by atoms with Crippen LogP contribution in [0.5, 0.6) is 0 Å². The molecule has 2 saturated carbocycles. The van der Waals surface area contributed by atoms with E-state index in [0.717, 1.165) is 17.9 Å². The molecule has 0 saturated heterocycles. The first kappa shape index (κ1) is 13.2. The summed E-state index contributed by atoms with van der Waals surface area (Å²) >= 11 is 0. The van der Waals surface area contributed by atoms with Gasteiger partial charge in [0, 0.05) is 12.0 Å². The quantitative estimate of drug-likeness (QED) is 0.766. The van der Waals surface area contributed by atoms with Gasteiger partial charge in [-0.15, -0.1) is 0 Å². The van der Waals surface area contributed by atoms with Gasteiger partial charge in [0.2, 0.25) is 0 Å². The van der Waals surface area contributed by atoms with Gasteiger partial charge in [-0.3, -0.25) is 0 Å². The minimum absolute atomic E-state index is 0.758. The van der Waals surface area contributed by atoms with E-state index < -0.39 is 0 Å². The zero-order valence-corrected chi connectivity index (χ0v) is 12.0. The van der Waals surface area contributed by atoms with E-state index in [1.54, 1.807) is 0 Å². The van der Waals surface area contributed by atoms with Gasteiger partial charge in [0.05, 0.1) is 0 Å². The molecule has 0 spiro atoms. The van der Waals surface area contributed by atoms with Crippen LogP contribution in [0.3, 0.4) is 0 Å². The van der Waals surface area contributed by atoms with Crippen molar-refractivity contribution in [3.8, 4) is 0 Å². The molecule has 2 fully saturated rings. The predicted molar refractivity (Wildman–Crippen MR) is 81.4 cm³/mol. The Morgan fingerprint density at radius 2 is 1.68 bits per heavy atom. The van der Waals surface area contributed by atoms with E-state index in [-0.39, 0.29) is 0 Å². The number of rotatable bonds is 5. The van der Waals surface area contributed by atoms with E-state index in [0.29, 0.717) is 0 Å². The second kappa shape index (κ2) is 6.56. The van der Waals surface area contributed by atoms with Crippen LogP contribution >= 0.6 is 0 Å². The van der Waals surface area contributed by atoms with Crippen LogP contribution in [0.4, 0.5) is 0 Å². The maximum atomic E-state index is 3.77. The zero-order chi connectivity index (χ0) is 12.9. The summed E-state index contributed by atoms with van der Waals surface area (Å²) in [6, 6.07) is 11.7. The normalized spacial score (nSPS) is 28.0. The molecule has 2 aliphatic carbocycles. The number of hydrogen-bond donors (Lipinski definition) is 1. The fourth-order valence-corrected chi connectivity index (χ4v) is 3.61. The molecule has 1 aromatic carbocycles. The van der Waals surface area contributed by atoms with E-state index in [1.807, 2.05) is 0 Å². The molecular formula is C18H27N. The van der Waals surface area contributed by atoms with Crippen molar-refractivity contribution in [2.24, 2.45) is 5.92 Å². The van der Waals surface area contributed by atoms with E-state index >= 15 is 0 Å². The first-order valence-corrected chi connectivity index (χ1v) is 8.22. The third-order valence-corrected chi connectivity index (χ3v) is 4.95. The lowest BCUT2D eigenvalue weighted by Crippen LogP contribution is -2.21. The maximum absolute atomic E-state index is 3.77. The molecular weight excluding hydrogens is 230 g/mol. The molecule has 1 N–H and O–H groups in total. The topological polar surface area (TPSA) is 12.0 Å². The Kier molecular flexibility index (Phi) is 4.55. The molecule has 0 aromatic heterocycles. The molecule has 0 bridgehead atoms. The summed E-state index contributed by atoms with van der Waals surface area (Å²) in [5.41, 5.74) is 1.52. The zero-order valence-electron chi connectivity index (χ0n) is 12.0. The van der Waals surface area contributed by atoms with Gasteiger partial charge in [-0.2, -0.15) is 0 Å². The lowest BCUT2D eigenvalue weighted by Gasteiger charge is -2.14. The second-order valence-electron chi connectivity index (χ2n) is 6.46. The van der Waals surface area contributed by atoms with Crippen LogP contribution < -0.4 is 5.32 Å². The SMILES string of the molecule is c1ccc(C2CC2NCCC2CCCCCC2)cc1. The average Bonchev–Trinajstić information content (AvgIpc) is 3.24. The Bertz CT molecular complexity index is 365. The van der Waals surface area contributed by atoms with Crippen LogP contribution in [0, 0.1) is 5.92 Å². The van der Waals surface area contributed by atoms with Gasteiger partial charge >= 0.3 is 0 Å². The van der Waals surface area contributed by atoms with Crippen molar-refractivity contribution < 1.29 is 0 Å². The summed E-state index contributed by atoms with van der Waals surface area (Å²) in [5.74, 6) is 1.79. The van der Waals surface area contributed by atoms with E-state index in [9.17, 15) is 0 Å². The molecule has 0 heterocycles. The van der Waals surface area contributed by atoms with Crippen molar-refractivity contribution in [2.45, 2.75) is 63.3 Å². The van der Waals surface area contributed by atoms with Gasteiger partial charge in [-0.1, -0.05) is 68.9 Å². The van der Waals surface area contributed by atoms with Crippen molar-refractivity contribution in [3.63, 3.8) is 0 Å². The van der Waals surface area contributed by atoms with Crippen molar-refractivity contribution in [3.05, 3.63) is 35.9 Å². The van der Waals surface area contributed by atoms with Crippen LogP contribution in [0.1, 0.15) is 62.8 Å². The molecule has 1 nitrogen and oxygen atoms in total. The molecule has 104 valence electrons. The van der Waals surface area contributed by atoms with Gasteiger partial charge in [0.1, 0.15) is 0 Å². The highest BCUT2D eigenvalue weighted by Gasteiger charge is 2.37. The minimum Gasteiger partial charge on any atom is -0.313 e. The van der Waals surface area contributed by atoms with E-state index in [4.69, 9.17) is 0 Å². The summed E-state index contributed by atoms with van der Waals surface area (Å²) in [7, 11) is 0. The molecule has 2 aliphatic rings. The van der Waals surface area contributed by atoms with Gasteiger partial charge in [0.15, 0.2) is 0 Å². The van der Waals surface area contributed by atoms with Gasteiger partial charge < -0.3 is 5.32 Å². The highest BCUT2D eigenvalue weighted by molar-refractivity contribution is 5.27. The highest BCUT2D eigenvalue weighted by Crippen LogP contribution is 2.40. The predicted octanol–water partition coefficient (Wildman–Crippen LogP) is 4.49. The standard InChI is InChI=1S/C18H27N/c1-2-5-9-15(8-4-1)12-13-19-18-14-17(18)16-10-6-3-7-11-16/h3,6-7,10-11,15,17-19H,1-2,4-5,8-9,12-14H2. The lowest BCUT2D eigenvalue weighted by atomic mass is 9.97. The maximum Gasteiger partial charge on any atom is 0.0143 e. The van der Waals surface area contributed by atoms with Crippen molar-refractivity contribution in [1.29, 1.82) is 0 Å². The second-order valence-corrected chi connectivity index (χ2v) is 6.46. The monoisotopic (exact) mass is 257 g/mol. The van der Waals surface area contributed by atoms with Crippen molar-refractivity contribution in [1.82, 2.24) is 5.32 Å². The molecule has 0 amide bonds. The summed E-state index contributed by atoms with van der Waals surface area (Å²) in [4.78, 5) is 0. The van der Waals surface area contributed by atoms with Crippen LogP contribution in [-0.2, 0) is 0 Å². The van der Waals surface area contributed by atoms with Crippen LogP contribution in [0.2, 0.25) is 0 Å². The fourth-order valence-electron chi connectivity index (χ4n) is 3.61. The first-order valence-electron chi connectivity index (χ1n) is 8.22. The number of benzene rings is 1. The van der Waals surface area contributed by atoms with Gasteiger partial charge in [-0.05, 0) is 30.9 Å². The Hall–Kier alpha value is -0.820. The van der Waals surface area contributed by atoms with Crippen LogP contribution in [0.15, 0.2) is 30.3 Å². The summed E-state index contributed by atoms with van der Waals surface area (Å²) in [6.45, 7) is 1.23. The van der Waals surface area contributed by atoms with Crippen LogP contribution in [0.25, 0.3) is 0 Å². The molecule has 19 heavy (non-hydrogen) atoms. The molecule has 0 aliphatic heterocycles. The summed E-state index contributed by atoms with van der Waals surface area (Å²) in [6.07, 6.45) is 11.6. The molecule has 2 unspecified atom stereocenters. The van der Waals surface area contributed by atoms with Gasteiger partial charge in [-0.25, -0.2) is 0 Å². The Labute approximate surface area is 117 Å². The Balaban J connectivity index is 1.35. The molecule has 1 heteroatoms. The average molecular weight is 257 g/mol. The smallest absolute Gasteiger partial charge is 0.0143 e. The van der Waals surface area contributed by atoms with E-state index in [2.05, 4.69) is 35.6 Å². The summed E-state index contributed by atoms with van der Waals surface area (Å²) in [5, 5.41) is 3.77. The minimum atomic E-state index is 0.758. The third-order valence-electron chi connectivity index (χ3n) is 4.95. The third kappa shape index (κ3) is 3.82. The van der Waals surface area contributed by atoms with Crippen molar-refractivity contribution in [2.75, 3.05) is 6.54 Å². The highest BCUT2D eigenvalue weighted by atomic mass is 15.0. The molecule has 2 atom stereocenters. The number of nitrogens with one attached hydrogen (secondary N) is 1. The van der Waals surface area contributed by atoms with E-state index in [1.165, 1.54) is 63.5 Å². The van der Waals surface area contributed by atoms with Gasteiger partial charge in [0.25, 0.3) is 0 Å². The fraction of sp³-hybridized carbons (Fsp3) is 0.667. The molecule has 3 rings (SSSR count). The molecule has 1 aromatic rings. The molecule has 0 radical (unpaired) electrons. The summed E-state index contributed by atoms with van der Waals surface area (Å²) < 4.78 is 0. The Morgan fingerprint density at radius 1 is 0.947 bits per heavy atom. The largest absolute Gasteiger partial charge is 0.313 e. The van der Waals surface area contributed by atoms with Crippen LogP contribution in [-0.4, -0.2) is 12.6 Å². The van der Waals surface area contributed by atoms with Crippen molar-refractivity contribution >= 4 is 0 Å². The number of hydrogen-bond acceptors (Lipinski definition) is 1. The lowest BCUT2D eigenvalue weighted by molar-refractivity contribution is 0.413.